The summed E-state index contributed by atoms with van der Waals surface area (Å²) in [5.74, 6) is 1.000. The Labute approximate surface area is 245 Å². The molecule has 0 N–H and O–H groups in total. The predicted octanol–water partition coefficient (Wildman–Crippen LogP) is 5.92. The molecule has 0 aromatic heterocycles. The zero-order chi connectivity index (χ0) is 29.4. The van der Waals surface area contributed by atoms with Crippen LogP contribution in [-0.4, -0.2) is 38.4 Å². The molecule has 0 heterocycles. The average Bonchev–Trinajstić information content (AvgIpc) is 3.47. The molecule has 40 heavy (non-hydrogen) atoms. The Bertz CT molecular complexity index is 1400. The maximum Gasteiger partial charge on any atom is 0.204 e. The van der Waals surface area contributed by atoms with Gasteiger partial charge in [-0.25, -0.2) is 0 Å². The average molecular weight is 589 g/mol. The molecule has 5 atom stereocenters. The molecule has 1 saturated carbocycles. The van der Waals surface area contributed by atoms with Crippen molar-refractivity contribution in [3.63, 3.8) is 0 Å². The van der Waals surface area contributed by atoms with Gasteiger partial charge in [-0.1, -0.05) is 70.8 Å². The Balaban J connectivity index is 1.69. The summed E-state index contributed by atoms with van der Waals surface area (Å²) in [6.45, 7) is 20.2. The molecular weight excluding hydrogens is 545 g/mol. The van der Waals surface area contributed by atoms with Crippen LogP contribution >= 0.6 is 0 Å². The van der Waals surface area contributed by atoms with Crippen molar-refractivity contribution in [2.45, 2.75) is 84.4 Å². The van der Waals surface area contributed by atoms with Gasteiger partial charge in [-0.05, 0) is 71.8 Å². The number of allylic oxidation sites excluding steroid dienone is 2. The Kier molecular flexibility index (Phi) is 7.27. The smallest absolute Gasteiger partial charge is 0.204 e. The molecule has 3 aliphatic rings. The molecule has 3 aliphatic carbocycles. The second kappa shape index (κ2) is 9.94. The van der Waals surface area contributed by atoms with Crippen LogP contribution in [0.15, 0.2) is 30.4 Å². The van der Waals surface area contributed by atoms with E-state index >= 15 is 0 Å². The van der Waals surface area contributed by atoms with Crippen LogP contribution in [0.5, 0.6) is 5.75 Å². The molecule has 2 unspecified atom stereocenters. The van der Waals surface area contributed by atoms with Crippen LogP contribution in [0, 0.1) is 42.7 Å². The first-order chi connectivity index (χ1) is 18.5. The van der Waals surface area contributed by atoms with Crippen molar-refractivity contribution >= 4 is 43.6 Å². The molecular formula is C33H44O4Si3. The van der Waals surface area contributed by atoms with Gasteiger partial charge in [0.2, 0.25) is 10.5 Å². The summed E-state index contributed by atoms with van der Waals surface area (Å²) in [5.41, 5.74) is 4.33. The zero-order valence-corrected chi connectivity index (χ0v) is 29.8. The summed E-state index contributed by atoms with van der Waals surface area (Å²) in [7, 11) is -3.75. The number of fused-ring (bicyclic) bond motifs is 6. The zero-order valence-electron chi connectivity index (χ0n) is 25.8. The first kappa shape index (κ1) is 29.3. The summed E-state index contributed by atoms with van der Waals surface area (Å²) in [6, 6.07) is 13.1. The summed E-state index contributed by atoms with van der Waals surface area (Å²) >= 11 is 0. The van der Waals surface area contributed by atoms with Crippen molar-refractivity contribution < 1.29 is 18.4 Å². The van der Waals surface area contributed by atoms with Gasteiger partial charge in [0.1, 0.15) is 5.75 Å². The molecule has 2 bridgehead atoms. The molecule has 5 rings (SSSR count). The standard InChI is InChI=1S/C33H44O4Si3/c1-19-14-20(16-23(15-19)36-38)17-26(37-40(8,9)33(2,3)4)24-12-13-25-29(32(24)39(5,6)7)31(35)28-22-11-10-21(18-22)27(28)30(25)34/h10-11,14-16,21-22,26-28H,17-18H2,1-9,38H3/t21-,22+,26+,27?,28?/m0/s1. The molecule has 212 valence electrons. The molecule has 2 aromatic rings. The van der Waals surface area contributed by atoms with E-state index in [4.69, 9.17) is 8.85 Å². The number of Topliss-reactive ketones (excluding diaryl/α,β-unsaturated/α-hetero) is 2. The highest BCUT2D eigenvalue weighted by Gasteiger charge is 2.56. The third kappa shape index (κ3) is 4.91. The molecule has 7 heteroatoms. The quantitative estimate of drug-likeness (QED) is 0.298. The van der Waals surface area contributed by atoms with E-state index in [0.717, 1.165) is 34.0 Å². The lowest BCUT2D eigenvalue weighted by Gasteiger charge is -2.41. The predicted molar refractivity (Wildman–Crippen MR) is 170 cm³/mol. The van der Waals surface area contributed by atoms with Crippen LogP contribution in [0.25, 0.3) is 0 Å². The molecule has 0 radical (unpaired) electrons. The van der Waals surface area contributed by atoms with E-state index in [-0.39, 0.29) is 46.4 Å². The Morgan fingerprint density at radius 1 is 0.975 bits per heavy atom. The highest BCUT2D eigenvalue weighted by atomic mass is 28.4. The monoisotopic (exact) mass is 588 g/mol. The molecule has 0 spiro atoms. The van der Waals surface area contributed by atoms with E-state index in [2.05, 4.69) is 103 Å². The Morgan fingerprint density at radius 3 is 2.17 bits per heavy atom. The molecule has 4 nitrogen and oxygen atoms in total. The van der Waals surface area contributed by atoms with Crippen molar-refractivity contribution in [1.29, 1.82) is 0 Å². The SMILES string of the molecule is Cc1cc(C[C@@H](O[Si](C)(C)C(C)(C)C)c2c#cc3c(c2[Si](C)(C)C)C(=O)C2C(C3=O)[C@H]3C=C[C@@H]2C3)cc(O[SiH3])c1. The molecule has 0 saturated heterocycles. The largest absolute Gasteiger partial charge is 0.553 e. The van der Waals surface area contributed by atoms with Gasteiger partial charge in [0.05, 0.1) is 19.7 Å². The lowest BCUT2D eigenvalue weighted by atomic mass is 9.69. The van der Waals surface area contributed by atoms with Gasteiger partial charge >= 0.3 is 0 Å². The van der Waals surface area contributed by atoms with Gasteiger partial charge in [-0.15, -0.1) is 0 Å². The Hall–Kier alpha value is -2.25. The van der Waals surface area contributed by atoms with Gasteiger partial charge in [0.25, 0.3) is 0 Å². The topological polar surface area (TPSA) is 52.6 Å². The van der Waals surface area contributed by atoms with E-state index in [0.29, 0.717) is 28.0 Å². The first-order valence-electron chi connectivity index (χ1n) is 14.6. The van der Waals surface area contributed by atoms with Gasteiger partial charge < -0.3 is 8.85 Å². The number of aryl methyl sites for hydroxylation is 1. The number of ketones is 2. The van der Waals surface area contributed by atoms with Crippen LogP contribution < -0.4 is 9.61 Å². The number of carbonyl (C=O) groups excluding carboxylic acids is 2. The molecule has 2 aromatic carbocycles. The maximum atomic E-state index is 14.4. The van der Waals surface area contributed by atoms with Gasteiger partial charge in [0.15, 0.2) is 19.9 Å². The summed E-state index contributed by atoms with van der Waals surface area (Å²) in [4.78, 5) is 28.3. The van der Waals surface area contributed by atoms with Crippen molar-refractivity contribution in [2.24, 2.45) is 23.7 Å². The Morgan fingerprint density at radius 2 is 1.60 bits per heavy atom. The van der Waals surface area contributed by atoms with Crippen molar-refractivity contribution in [1.82, 2.24) is 0 Å². The maximum absolute atomic E-state index is 14.4. The van der Waals surface area contributed by atoms with E-state index in [1.807, 2.05) is 0 Å². The van der Waals surface area contributed by atoms with E-state index in [9.17, 15) is 9.59 Å². The number of benzene rings is 1. The highest BCUT2D eigenvalue weighted by molar-refractivity contribution is 6.90. The van der Waals surface area contributed by atoms with Crippen molar-refractivity contribution in [3.8, 4) is 5.75 Å². The highest BCUT2D eigenvalue weighted by Crippen LogP contribution is 2.52. The molecule has 0 aliphatic heterocycles. The summed E-state index contributed by atoms with van der Waals surface area (Å²) in [6.07, 6.45) is 5.59. The number of rotatable bonds is 7. The van der Waals surface area contributed by atoms with Crippen LogP contribution in [0.4, 0.5) is 0 Å². The third-order valence-electron chi connectivity index (χ3n) is 9.73. The van der Waals surface area contributed by atoms with E-state index in [1.54, 1.807) is 0 Å². The fraction of sp³-hybridized carbons (Fsp3) is 0.515. The summed E-state index contributed by atoms with van der Waals surface area (Å²) in [5, 5.41) is 1.05. The molecule has 1 fully saturated rings. The normalized spacial score (nSPS) is 24.6. The lowest BCUT2D eigenvalue weighted by Crippen LogP contribution is -2.51. The van der Waals surface area contributed by atoms with Gasteiger partial charge in [0, 0.05) is 29.4 Å². The van der Waals surface area contributed by atoms with Crippen LogP contribution in [-0.2, 0) is 10.8 Å². The van der Waals surface area contributed by atoms with Crippen LogP contribution in [0.1, 0.15) is 70.7 Å². The number of hydrogen-bond donors (Lipinski definition) is 0. The minimum absolute atomic E-state index is 0.00676. The second-order valence-electron chi connectivity index (χ2n) is 14.7. The van der Waals surface area contributed by atoms with E-state index in [1.165, 1.54) is 0 Å². The van der Waals surface area contributed by atoms with Crippen LogP contribution in [0.3, 0.4) is 0 Å². The third-order valence-corrected chi connectivity index (χ3v) is 16.7. The fourth-order valence-electron chi connectivity index (χ4n) is 6.85. The minimum atomic E-state index is -2.22. The first-order valence-corrected chi connectivity index (χ1v) is 21.9. The second-order valence-corrected chi connectivity index (χ2v) is 24.9. The minimum Gasteiger partial charge on any atom is -0.553 e. The van der Waals surface area contributed by atoms with Gasteiger partial charge in [-0.3, -0.25) is 9.59 Å². The summed E-state index contributed by atoms with van der Waals surface area (Å²) < 4.78 is 12.9. The molecule has 0 amide bonds. The van der Waals surface area contributed by atoms with E-state index < -0.39 is 16.4 Å². The number of hydrogen-bond acceptors (Lipinski definition) is 4. The van der Waals surface area contributed by atoms with Crippen molar-refractivity contribution in [2.75, 3.05) is 0 Å². The van der Waals surface area contributed by atoms with Crippen molar-refractivity contribution in [3.05, 3.63) is 70.3 Å². The van der Waals surface area contributed by atoms with Crippen LogP contribution in [0.2, 0.25) is 37.8 Å². The fourth-order valence-corrected chi connectivity index (χ4v) is 10.4. The number of carbonyl (C=O) groups is 2. The lowest BCUT2D eigenvalue weighted by molar-refractivity contribution is 0.0721. The van der Waals surface area contributed by atoms with Gasteiger partial charge in [-0.2, -0.15) is 0 Å².